The molecule has 1 N–H and O–H groups in total. The molecule has 5 rings (SSSR count). The molecule has 0 spiro atoms. The lowest BCUT2D eigenvalue weighted by Crippen LogP contribution is -2.54. The largest absolute Gasteiger partial charge is 0.486 e. The number of nitrogens with one attached hydrogen (secondary N) is 1. The minimum atomic E-state index is -1.23. The molecule has 1 fully saturated rings. The Bertz CT molecular complexity index is 1360. The van der Waals surface area contributed by atoms with E-state index in [0.29, 0.717) is 36.0 Å². The van der Waals surface area contributed by atoms with Gasteiger partial charge in [0.05, 0.1) is 12.1 Å². The summed E-state index contributed by atoms with van der Waals surface area (Å²) in [5, 5.41) is 0.957. The summed E-state index contributed by atoms with van der Waals surface area (Å²) < 4.78 is 11.1. The van der Waals surface area contributed by atoms with Gasteiger partial charge >= 0.3 is 0 Å². The minimum Gasteiger partial charge on any atom is -0.486 e. The molecule has 0 aromatic heterocycles. The van der Waals surface area contributed by atoms with Gasteiger partial charge in [-0.25, -0.2) is 9.91 Å². The van der Waals surface area contributed by atoms with Crippen molar-refractivity contribution in [1.29, 1.82) is 0 Å². The summed E-state index contributed by atoms with van der Waals surface area (Å²) in [4.78, 5) is 54.0. The Morgan fingerprint density at radius 2 is 1.61 bits per heavy atom. The van der Waals surface area contributed by atoms with Crippen LogP contribution in [-0.4, -0.2) is 47.9 Å². The van der Waals surface area contributed by atoms with E-state index in [1.54, 1.807) is 66.7 Å². The maximum Gasteiger partial charge on any atom is 0.273 e. The molecule has 182 valence electrons. The van der Waals surface area contributed by atoms with Crippen molar-refractivity contribution in [2.24, 2.45) is 0 Å². The van der Waals surface area contributed by atoms with Crippen LogP contribution in [0.2, 0.25) is 0 Å². The predicted octanol–water partition coefficient (Wildman–Crippen LogP) is 2.89. The number of benzene rings is 3. The van der Waals surface area contributed by atoms with E-state index < -0.39 is 29.7 Å². The highest BCUT2D eigenvalue weighted by Crippen LogP contribution is 2.36. The van der Waals surface area contributed by atoms with Crippen LogP contribution in [0.1, 0.15) is 32.7 Å². The zero-order valence-corrected chi connectivity index (χ0v) is 19.5. The van der Waals surface area contributed by atoms with Gasteiger partial charge in [-0.05, 0) is 43.3 Å². The Labute approximate surface area is 207 Å². The minimum absolute atomic E-state index is 0.264. The molecule has 3 aromatic rings. The lowest BCUT2D eigenvalue weighted by Gasteiger charge is -2.28. The van der Waals surface area contributed by atoms with Crippen molar-refractivity contribution in [2.75, 3.05) is 18.1 Å². The second-order valence-corrected chi connectivity index (χ2v) is 8.47. The molecule has 0 saturated carbocycles. The van der Waals surface area contributed by atoms with Crippen LogP contribution in [0.4, 0.5) is 5.69 Å². The summed E-state index contributed by atoms with van der Waals surface area (Å²) in [6.07, 6.45) is -0.292. The van der Waals surface area contributed by atoms with E-state index in [1.807, 2.05) is 13.0 Å². The van der Waals surface area contributed by atoms with Gasteiger partial charge in [-0.15, -0.1) is 0 Å². The zero-order chi connectivity index (χ0) is 25.2. The Hall–Kier alpha value is -4.66. The van der Waals surface area contributed by atoms with Crippen LogP contribution in [0.3, 0.4) is 0 Å². The molecule has 9 heteroatoms. The molecule has 36 heavy (non-hydrogen) atoms. The fourth-order valence-electron chi connectivity index (χ4n) is 4.21. The highest BCUT2D eigenvalue weighted by molar-refractivity contribution is 6.23. The third-order valence-electron chi connectivity index (χ3n) is 5.96. The standard InChI is InChI=1S/C27H23N3O6/c1-17-6-5-9-19(14-17)25(32)28-30(26(33)18-7-3-2-4-8-18)21-16-24(31)29(27(21)34)20-10-11-22-23(15-20)36-13-12-35-22/h2-11,14-15,21H,12-13,16H2,1H3,(H,28,32). The third-order valence-corrected chi connectivity index (χ3v) is 5.96. The van der Waals surface area contributed by atoms with Crippen molar-refractivity contribution < 1.29 is 28.7 Å². The maximum absolute atomic E-state index is 13.5. The summed E-state index contributed by atoms with van der Waals surface area (Å²) in [7, 11) is 0. The number of hydrogen-bond acceptors (Lipinski definition) is 6. The lowest BCUT2D eigenvalue weighted by molar-refractivity contribution is -0.122. The Morgan fingerprint density at radius 3 is 2.36 bits per heavy atom. The quantitative estimate of drug-likeness (QED) is 0.450. The molecule has 0 aliphatic carbocycles. The van der Waals surface area contributed by atoms with Gasteiger partial charge < -0.3 is 9.47 Å². The van der Waals surface area contributed by atoms with E-state index in [1.165, 1.54) is 0 Å². The van der Waals surface area contributed by atoms with Crippen LogP contribution in [0.5, 0.6) is 11.5 Å². The van der Waals surface area contributed by atoms with Crippen LogP contribution >= 0.6 is 0 Å². The highest BCUT2D eigenvalue weighted by atomic mass is 16.6. The number of imide groups is 1. The molecule has 2 aliphatic heterocycles. The first-order valence-corrected chi connectivity index (χ1v) is 11.4. The lowest BCUT2D eigenvalue weighted by atomic mass is 10.1. The van der Waals surface area contributed by atoms with Gasteiger partial charge in [0, 0.05) is 17.2 Å². The van der Waals surface area contributed by atoms with Crippen molar-refractivity contribution in [3.63, 3.8) is 0 Å². The fourth-order valence-corrected chi connectivity index (χ4v) is 4.21. The van der Waals surface area contributed by atoms with Gasteiger partial charge in [0.1, 0.15) is 19.3 Å². The molecule has 1 unspecified atom stereocenters. The highest BCUT2D eigenvalue weighted by Gasteiger charge is 2.45. The number of hydrogen-bond donors (Lipinski definition) is 1. The first-order valence-electron chi connectivity index (χ1n) is 11.4. The number of rotatable bonds is 4. The van der Waals surface area contributed by atoms with Crippen LogP contribution in [0.15, 0.2) is 72.8 Å². The van der Waals surface area contributed by atoms with Gasteiger partial charge in [0.2, 0.25) is 5.91 Å². The van der Waals surface area contributed by atoms with E-state index >= 15 is 0 Å². The number of hydrazine groups is 1. The average molecular weight is 485 g/mol. The van der Waals surface area contributed by atoms with Crippen LogP contribution in [0.25, 0.3) is 0 Å². The maximum atomic E-state index is 13.5. The van der Waals surface area contributed by atoms with Gasteiger partial charge in [0.25, 0.3) is 17.7 Å². The number of nitrogens with zero attached hydrogens (tertiary/aromatic N) is 2. The molecule has 3 aromatic carbocycles. The molecule has 1 saturated heterocycles. The van der Waals surface area contributed by atoms with Gasteiger partial charge in [-0.1, -0.05) is 35.9 Å². The number of carbonyl (C=O) groups is 4. The fraction of sp³-hybridized carbons (Fsp3) is 0.185. The molecule has 0 radical (unpaired) electrons. The summed E-state index contributed by atoms with van der Waals surface area (Å²) in [5.41, 5.74) is 4.32. The molecule has 4 amide bonds. The normalized spacial score (nSPS) is 16.6. The summed E-state index contributed by atoms with van der Waals surface area (Å²) >= 11 is 0. The molecule has 1 atom stereocenters. The monoisotopic (exact) mass is 485 g/mol. The number of amides is 4. The number of carbonyl (C=O) groups excluding carboxylic acids is 4. The molecule has 2 aliphatic rings. The van der Waals surface area contributed by atoms with Gasteiger partial charge in [0.15, 0.2) is 11.5 Å². The number of fused-ring (bicyclic) bond motifs is 1. The van der Waals surface area contributed by atoms with Crippen molar-refractivity contribution >= 4 is 29.3 Å². The molecular formula is C27H23N3O6. The van der Waals surface area contributed by atoms with Gasteiger partial charge in [-0.2, -0.15) is 0 Å². The van der Waals surface area contributed by atoms with Gasteiger partial charge in [-0.3, -0.25) is 24.6 Å². The Balaban J connectivity index is 1.46. The topological polar surface area (TPSA) is 105 Å². The average Bonchev–Trinajstić information content (AvgIpc) is 3.20. The molecular weight excluding hydrogens is 462 g/mol. The predicted molar refractivity (Wildman–Crippen MR) is 130 cm³/mol. The Morgan fingerprint density at radius 1 is 0.889 bits per heavy atom. The molecule has 0 bridgehead atoms. The Kier molecular flexibility index (Phi) is 6.12. The first-order chi connectivity index (χ1) is 17.4. The molecule has 9 nitrogen and oxygen atoms in total. The summed E-state index contributed by atoms with van der Waals surface area (Å²) in [6, 6.07) is 18.6. The van der Waals surface area contributed by atoms with E-state index in [-0.39, 0.29) is 12.0 Å². The number of aryl methyl sites for hydroxylation is 1. The summed E-state index contributed by atoms with van der Waals surface area (Å²) in [5.74, 6) is -1.37. The van der Waals surface area contributed by atoms with E-state index in [0.717, 1.165) is 15.5 Å². The zero-order valence-electron chi connectivity index (χ0n) is 19.5. The van der Waals surface area contributed by atoms with Crippen LogP contribution in [0, 0.1) is 6.92 Å². The number of ether oxygens (including phenoxy) is 2. The first kappa shape index (κ1) is 23.1. The third kappa shape index (κ3) is 4.38. The summed E-state index contributed by atoms with van der Waals surface area (Å²) in [6.45, 7) is 2.60. The SMILES string of the molecule is Cc1cccc(C(=O)NN(C(=O)c2ccccc2)C2CC(=O)N(c3ccc4c(c3)OCCO4)C2=O)c1. The number of anilines is 1. The van der Waals surface area contributed by atoms with Crippen LogP contribution in [-0.2, 0) is 9.59 Å². The van der Waals surface area contributed by atoms with E-state index in [2.05, 4.69) is 5.43 Å². The molecule has 2 heterocycles. The van der Waals surface area contributed by atoms with Crippen LogP contribution < -0.4 is 19.8 Å². The smallest absolute Gasteiger partial charge is 0.273 e. The van der Waals surface area contributed by atoms with E-state index in [9.17, 15) is 19.2 Å². The van der Waals surface area contributed by atoms with Crippen molar-refractivity contribution in [1.82, 2.24) is 10.4 Å². The second kappa shape index (κ2) is 9.53. The van der Waals surface area contributed by atoms with Crippen molar-refractivity contribution in [3.8, 4) is 11.5 Å². The van der Waals surface area contributed by atoms with Crippen molar-refractivity contribution in [2.45, 2.75) is 19.4 Å². The van der Waals surface area contributed by atoms with Crippen molar-refractivity contribution in [3.05, 3.63) is 89.5 Å². The second-order valence-electron chi connectivity index (χ2n) is 8.47. The van der Waals surface area contributed by atoms with E-state index in [4.69, 9.17) is 9.47 Å².